The van der Waals surface area contributed by atoms with Crippen LogP contribution in [0, 0.1) is 6.92 Å². The number of aryl methyl sites for hydroxylation is 1. The minimum Gasteiger partial charge on any atom is -0.351 e. The fourth-order valence-corrected chi connectivity index (χ4v) is 1.05. The van der Waals surface area contributed by atoms with Gasteiger partial charge in [0.1, 0.15) is 0 Å². The Hall–Kier alpha value is -1.03. The van der Waals surface area contributed by atoms with E-state index in [1.807, 2.05) is 6.92 Å². The number of nitrogens with one attached hydrogen (secondary N) is 1. The van der Waals surface area contributed by atoms with Crippen molar-refractivity contribution in [1.82, 2.24) is 10.5 Å². The topological polar surface area (TPSA) is 55.1 Å². The fourth-order valence-electron chi connectivity index (χ4n) is 0.942. The number of hydrogen-bond acceptors (Lipinski definition) is 3. The first kappa shape index (κ1) is 11.0. The molecule has 0 bridgehead atoms. The van der Waals surface area contributed by atoms with E-state index >= 15 is 0 Å². The highest BCUT2D eigenvalue weighted by Gasteiger charge is 2.10. The van der Waals surface area contributed by atoms with Crippen LogP contribution in [0.1, 0.15) is 29.6 Å². The molecule has 1 amide bonds. The van der Waals surface area contributed by atoms with E-state index in [-0.39, 0.29) is 17.0 Å². The molecule has 0 saturated heterocycles. The van der Waals surface area contributed by atoms with E-state index in [0.29, 0.717) is 12.2 Å². The SMILES string of the molecule is Cc1cc(C(=O)NCCC(C)Cl)on1. The van der Waals surface area contributed by atoms with Crippen molar-refractivity contribution in [3.05, 3.63) is 17.5 Å². The maximum atomic E-state index is 11.4. The molecule has 0 aliphatic carbocycles. The Morgan fingerprint density at radius 3 is 3.00 bits per heavy atom. The van der Waals surface area contributed by atoms with Gasteiger partial charge in [0.05, 0.1) is 5.69 Å². The largest absolute Gasteiger partial charge is 0.351 e. The van der Waals surface area contributed by atoms with Gasteiger partial charge in [0.15, 0.2) is 0 Å². The van der Waals surface area contributed by atoms with Crippen LogP contribution in [-0.4, -0.2) is 23.0 Å². The lowest BCUT2D eigenvalue weighted by molar-refractivity contribution is 0.0916. The average Bonchev–Trinajstić information content (AvgIpc) is 2.51. The molecule has 1 aromatic heterocycles. The summed E-state index contributed by atoms with van der Waals surface area (Å²) in [5.41, 5.74) is 0.695. The molecular formula is C9H13ClN2O2. The maximum absolute atomic E-state index is 11.4. The summed E-state index contributed by atoms with van der Waals surface area (Å²) in [7, 11) is 0. The van der Waals surface area contributed by atoms with Gasteiger partial charge in [-0.3, -0.25) is 4.79 Å². The highest BCUT2D eigenvalue weighted by atomic mass is 35.5. The molecule has 0 fully saturated rings. The highest BCUT2D eigenvalue weighted by Crippen LogP contribution is 2.02. The quantitative estimate of drug-likeness (QED) is 0.780. The zero-order valence-electron chi connectivity index (χ0n) is 8.21. The molecule has 1 atom stereocenters. The summed E-state index contributed by atoms with van der Waals surface area (Å²) >= 11 is 5.72. The third kappa shape index (κ3) is 3.38. The predicted octanol–water partition coefficient (Wildman–Crippen LogP) is 1.73. The van der Waals surface area contributed by atoms with Gasteiger partial charge in [0.25, 0.3) is 5.91 Å². The molecule has 0 aliphatic rings. The maximum Gasteiger partial charge on any atom is 0.289 e. The van der Waals surface area contributed by atoms with Gasteiger partial charge in [-0.25, -0.2) is 0 Å². The lowest BCUT2D eigenvalue weighted by atomic mass is 10.3. The number of amides is 1. The number of nitrogens with zero attached hydrogens (tertiary/aromatic N) is 1. The van der Waals surface area contributed by atoms with E-state index in [2.05, 4.69) is 10.5 Å². The average molecular weight is 217 g/mol. The standard InChI is InChI=1S/C9H13ClN2O2/c1-6(10)3-4-11-9(13)8-5-7(2)12-14-8/h5-6H,3-4H2,1-2H3,(H,11,13). The summed E-state index contributed by atoms with van der Waals surface area (Å²) in [5.74, 6) is -0.00681. The Labute approximate surface area is 87.6 Å². The summed E-state index contributed by atoms with van der Waals surface area (Å²) in [6, 6.07) is 1.60. The lowest BCUT2D eigenvalue weighted by Crippen LogP contribution is -2.25. The second kappa shape index (κ2) is 5.00. The van der Waals surface area contributed by atoms with Crippen LogP contribution < -0.4 is 5.32 Å². The minimum atomic E-state index is -0.247. The van der Waals surface area contributed by atoms with Gasteiger partial charge in [0, 0.05) is 18.0 Å². The first-order valence-electron chi connectivity index (χ1n) is 4.45. The number of carbonyl (C=O) groups is 1. The van der Waals surface area contributed by atoms with Crippen LogP contribution in [0.5, 0.6) is 0 Å². The molecule has 0 aliphatic heterocycles. The van der Waals surface area contributed by atoms with Crippen LogP contribution >= 0.6 is 11.6 Å². The smallest absolute Gasteiger partial charge is 0.289 e. The van der Waals surface area contributed by atoms with E-state index in [0.717, 1.165) is 6.42 Å². The van der Waals surface area contributed by atoms with Crippen LogP contribution in [0.25, 0.3) is 0 Å². The van der Waals surface area contributed by atoms with Crippen molar-refractivity contribution in [3.63, 3.8) is 0 Å². The molecule has 1 N–H and O–H groups in total. The van der Waals surface area contributed by atoms with Crippen LogP contribution in [0.4, 0.5) is 0 Å². The van der Waals surface area contributed by atoms with Crippen molar-refractivity contribution in [2.45, 2.75) is 25.6 Å². The Morgan fingerprint density at radius 2 is 2.50 bits per heavy atom. The Bertz CT molecular complexity index is 310. The lowest BCUT2D eigenvalue weighted by Gasteiger charge is -2.03. The van der Waals surface area contributed by atoms with Gasteiger partial charge in [-0.05, 0) is 20.3 Å². The molecule has 0 radical (unpaired) electrons. The molecule has 4 nitrogen and oxygen atoms in total. The van der Waals surface area contributed by atoms with E-state index < -0.39 is 0 Å². The summed E-state index contributed by atoms with van der Waals surface area (Å²) < 4.78 is 4.79. The number of halogens is 1. The van der Waals surface area contributed by atoms with Crippen molar-refractivity contribution in [3.8, 4) is 0 Å². The fraction of sp³-hybridized carbons (Fsp3) is 0.556. The van der Waals surface area contributed by atoms with Gasteiger partial charge in [0.2, 0.25) is 5.76 Å². The second-order valence-corrected chi connectivity index (χ2v) is 3.90. The Morgan fingerprint density at radius 1 is 1.79 bits per heavy atom. The third-order valence-electron chi connectivity index (χ3n) is 1.68. The van der Waals surface area contributed by atoms with E-state index in [9.17, 15) is 4.79 Å². The van der Waals surface area contributed by atoms with E-state index in [4.69, 9.17) is 16.1 Å². The summed E-state index contributed by atoms with van der Waals surface area (Å²) in [4.78, 5) is 11.4. The Balaban J connectivity index is 2.36. The van der Waals surface area contributed by atoms with Crippen LogP contribution in [0.2, 0.25) is 0 Å². The number of carbonyl (C=O) groups excluding carboxylic acids is 1. The van der Waals surface area contributed by atoms with Gasteiger partial charge < -0.3 is 9.84 Å². The van der Waals surface area contributed by atoms with Gasteiger partial charge >= 0.3 is 0 Å². The van der Waals surface area contributed by atoms with Crippen LogP contribution in [0.3, 0.4) is 0 Å². The number of aromatic nitrogens is 1. The molecule has 1 heterocycles. The molecule has 0 aromatic carbocycles. The monoisotopic (exact) mass is 216 g/mol. The van der Waals surface area contributed by atoms with E-state index in [1.165, 1.54) is 0 Å². The molecule has 0 saturated carbocycles. The van der Waals surface area contributed by atoms with Crippen LogP contribution in [0.15, 0.2) is 10.6 Å². The first-order chi connectivity index (χ1) is 6.59. The van der Waals surface area contributed by atoms with Gasteiger partial charge in [-0.1, -0.05) is 5.16 Å². The summed E-state index contributed by atoms with van der Waals surface area (Å²) in [6.45, 7) is 4.19. The predicted molar refractivity (Wildman–Crippen MR) is 53.5 cm³/mol. The molecule has 1 rings (SSSR count). The minimum absolute atomic E-state index is 0.0618. The summed E-state index contributed by atoms with van der Waals surface area (Å²) in [6.07, 6.45) is 0.737. The van der Waals surface area contributed by atoms with Gasteiger partial charge in [-0.15, -0.1) is 11.6 Å². The molecule has 14 heavy (non-hydrogen) atoms. The number of hydrogen-bond donors (Lipinski definition) is 1. The Kier molecular flexibility index (Phi) is 3.95. The van der Waals surface area contributed by atoms with Crippen molar-refractivity contribution in [2.24, 2.45) is 0 Å². The molecule has 5 heteroatoms. The van der Waals surface area contributed by atoms with Crippen molar-refractivity contribution < 1.29 is 9.32 Å². The third-order valence-corrected chi connectivity index (χ3v) is 1.90. The molecule has 1 aromatic rings. The van der Waals surface area contributed by atoms with Crippen LogP contribution in [-0.2, 0) is 0 Å². The van der Waals surface area contributed by atoms with Crippen molar-refractivity contribution in [2.75, 3.05) is 6.54 Å². The van der Waals surface area contributed by atoms with E-state index in [1.54, 1.807) is 13.0 Å². The molecule has 0 spiro atoms. The number of rotatable bonds is 4. The highest BCUT2D eigenvalue weighted by molar-refractivity contribution is 6.20. The van der Waals surface area contributed by atoms with Gasteiger partial charge in [-0.2, -0.15) is 0 Å². The zero-order chi connectivity index (χ0) is 10.6. The zero-order valence-corrected chi connectivity index (χ0v) is 8.97. The van der Waals surface area contributed by atoms with Crippen molar-refractivity contribution >= 4 is 17.5 Å². The second-order valence-electron chi connectivity index (χ2n) is 3.16. The van der Waals surface area contributed by atoms with Crippen molar-refractivity contribution in [1.29, 1.82) is 0 Å². The molecule has 78 valence electrons. The number of alkyl halides is 1. The molecule has 1 unspecified atom stereocenters. The summed E-state index contributed by atoms with van der Waals surface area (Å²) in [5, 5.41) is 6.37. The molecular weight excluding hydrogens is 204 g/mol. The normalized spacial score (nSPS) is 12.5. The first-order valence-corrected chi connectivity index (χ1v) is 4.89.